The average Bonchev–Trinajstić information content (AvgIpc) is 3.13. The molecule has 1 aromatic heterocycles. The highest BCUT2D eigenvalue weighted by atomic mass is 32.1. The van der Waals surface area contributed by atoms with Gasteiger partial charge in [0.05, 0.1) is 24.8 Å². The Bertz CT molecular complexity index is 1080. The van der Waals surface area contributed by atoms with Gasteiger partial charge in [0.15, 0.2) is 0 Å². The fourth-order valence-electron chi connectivity index (χ4n) is 3.44. The van der Waals surface area contributed by atoms with Gasteiger partial charge in [-0.15, -0.1) is 11.3 Å². The van der Waals surface area contributed by atoms with E-state index in [-0.39, 0.29) is 16.1 Å². The molecule has 0 amide bonds. The minimum atomic E-state index is -1.69. The highest BCUT2D eigenvalue weighted by Crippen LogP contribution is 2.48. The van der Waals surface area contributed by atoms with Crippen molar-refractivity contribution >= 4 is 38.8 Å². The van der Waals surface area contributed by atoms with Gasteiger partial charge in [-0.05, 0) is 22.4 Å². The number of ether oxygens (including phenoxy) is 1. The molecule has 28 heavy (non-hydrogen) atoms. The van der Waals surface area contributed by atoms with Crippen LogP contribution in [0.3, 0.4) is 0 Å². The van der Waals surface area contributed by atoms with Gasteiger partial charge in [-0.25, -0.2) is 14.0 Å². The van der Waals surface area contributed by atoms with Gasteiger partial charge >= 0.3 is 5.97 Å². The van der Waals surface area contributed by atoms with Gasteiger partial charge in [-0.2, -0.15) is 0 Å². The number of anilines is 1. The van der Waals surface area contributed by atoms with E-state index >= 15 is 4.39 Å². The number of thiophene rings is 1. The molecule has 1 N–H and O–H groups in total. The van der Waals surface area contributed by atoms with Crippen LogP contribution in [0.2, 0.25) is 0 Å². The van der Waals surface area contributed by atoms with Crippen molar-refractivity contribution in [1.29, 1.82) is 0 Å². The maximum atomic E-state index is 15.6. The van der Waals surface area contributed by atoms with E-state index in [1.807, 2.05) is 35.2 Å². The molecule has 0 bridgehead atoms. The maximum absolute atomic E-state index is 15.6. The van der Waals surface area contributed by atoms with E-state index in [9.17, 15) is 9.90 Å². The van der Waals surface area contributed by atoms with Crippen LogP contribution in [0.4, 0.5) is 15.1 Å². The summed E-state index contributed by atoms with van der Waals surface area (Å²) in [5.41, 5.74) is 0.381. The summed E-state index contributed by atoms with van der Waals surface area (Å²) in [6.07, 6.45) is -1.69. The van der Waals surface area contributed by atoms with Crippen LogP contribution in [0, 0.1) is 6.57 Å². The first kappa shape index (κ1) is 18.4. The summed E-state index contributed by atoms with van der Waals surface area (Å²) < 4.78 is 20.9. The largest absolute Gasteiger partial charge is 0.477 e. The van der Waals surface area contributed by atoms with Gasteiger partial charge < -0.3 is 14.7 Å². The highest BCUT2D eigenvalue weighted by Gasteiger charge is 2.32. The number of benzene rings is 2. The van der Waals surface area contributed by atoms with Crippen molar-refractivity contribution < 1.29 is 19.0 Å². The topological polar surface area (TPSA) is 54.1 Å². The number of halogens is 1. The molecule has 1 atom stereocenters. The second-order valence-corrected chi connectivity index (χ2v) is 7.48. The molecule has 1 aliphatic heterocycles. The van der Waals surface area contributed by atoms with Crippen LogP contribution in [-0.4, -0.2) is 37.4 Å². The minimum Gasteiger partial charge on any atom is -0.477 e. The molecule has 4 rings (SSSR count). The Morgan fingerprint density at radius 1 is 1.21 bits per heavy atom. The molecule has 1 saturated heterocycles. The molecule has 7 heteroatoms. The molecule has 1 unspecified atom stereocenters. The van der Waals surface area contributed by atoms with Crippen LogP contribution in [0.25, 0.3) is 15.6 Å². The number of nitrogens with zero attached hydrogens (tertiary/aromatic N) is 2. The van der Waals surface area contributed by atoms with E-state index in [4.69, 9.17) is 11.3 Å². The van der Waals surface area contributed by atoms with Gasteiger partial charge in [0.1, 0.15) is 11.0 Å². The standard InChI is InChI=1S/C21H17FN2O3S/c1-23-18-16(17(22)15-7-6-13-4-2-3-5-14(13)12-15)19(21(25)26)28-20(18)24-8-10-27-11-9-24/h2-7,12,17H,8-11H2,(H,25,26). The highest BCUT2D eigenvalue weighted by molar-refractivity contribution is 7.18. The van der Waals surface area contributed by atoms with Gasteiger partial charge in [-0.1, -0.05) is 36.4 Å². The number of hydrogen-bond acceptors (Lipinski definition) is 4. The summed E-state index contributed by atoms with van der Waals surface area (Å²) in [6, 6.07) is 12.8. The van der Waals surface area contributed by atoms with Gasteiger partial charge in [0.2, 0.25) is 5.69 Å². The molecular formula is C21H17FN2O3S. The van der Waals surface area contributed by atoms with E-state index < -0.39 is 12.1 Å². The van der Waals surface area contributed by atoms with Crippen LogP contribution >= 0.6 is 11.3 Å². The number of carboxylic acids is 1. The first-order valence-electron chi connectivity index (χ1n) is 8.83. The van der Waals surface area contributed by atoms with Crippen LogP contribution < -0.4 is 4.90 Å². The fourth-order valence-corrected chi connectivity index (χ4v) is 4.59. The zero-order valence-corrected chi connectivity index (χ0v) is 15.7. The normalized spacial score (nSPS) is 15.4. The van der Waals surface area contributed by atoms with Crippen LogP contribution in [0.1, 0.15) is 27.0 Å². The molecule has 0 saturated carbocycles. The summed E-state index contributed by atoms with van der Waals surface area (Å²) in [7, 11) is 0. The van der Waals surface area contributed by atoms with E-state index in [1.165, 1.54) is 0 Å². The zero-order valence-electron chi connectivity index (χ0n) is 14.9. The molecule has 0 aliphatic carbocycles. The molecule has 0 spiro atoms. The second kappa shape index (κ2) is 7.58. The van der Waals surface area contributed by atoms with Gasteiger partial charge in [0, 0.05) is 18.7 Å². The third-order valence-electron chi connectivity index (χ3n) is 4.83. The maximum Gasteiger partial charge on any atom is 0.344 e. The third kappa shape index (κ3) is 3.21. The predicted octanol–water partition coefficient (Wildman–Crippen LogP) is 5.05. The Morgan fingerprint density at radius 3 is 2.61 bits per heavy atom. The van der Waals surface area contributed by atoms with Gasteiger partial charge in [0.25, 0.3) is 0 Å². The second-order valence-electron chi connectivity index (χ2n) is 6.48. The van der Waals surface area contributed by atoms with E-state index in [0.29, 0.717) is 36.9 Å². The lowest BCUT2D eigenvalue weighted by Crippen LogP contribution is -2.35. The number of rotatable bonds is 4. The number of hydrogen-bond donors (Lipinski definition) is 1. The third-order valence-corrected chi connectivity index (χ3v) is 6.07. The molecule has 1 aliphatic rings. The van der Waals surface area contributed by atoms with Crippen molar-refractivity contribution in [2.24, 2.45) is 0 Å². The van der Waals surface area contributed by atoms with E-state index in [0.717, 1.165) is 22.1 Å². The van der Waals surface area contributed by atoms with Crippen molar-refractivity contribution in [3.05, 3.63) is 69.9 Å². The molecule has 142 valence electrons. The molecule has 2 aromatic carbocycles. The Kier molecular flexibility index (Phi) is 4.99. The molecule has 2 heterocycles. The number of aromatic carboxylic acids is 1. The van der Waals surface area contributed by atoms with Crippen molar-refractivity contribution in [3.63, 3.8) is 0 Å². The molecule has 5 nitrogen and oxygen atoms in total. The van der Waals surface area contributed by atoms with Crippen molar-refractivity contribution in [2.75, 3.05) is 31.2 Å². The number of fused-ring (bicyclic) bond motifs is 1. The first-order valence-corrected chi connectivity index (χ1v) is 9.64. The van der Waals surface area contributed by atoms with E-state index in [1.54, 1.807) is 12.1 Å². The Morgan fingerprint density at radius 2 is 1.93 bits per heavy atom. The van der Waals surface area contributed by atoms with Gasteiger partial charge in [-0.3, -0.25) is 0 Å². The molecular weight excluding hydrogens is 379 g/mol. The molecule has 3 aromatic rings. The van der Waals surface area contributed by atoms with E-state index in [2.05, 4.69) is 4.85 Å². The van der Waals surface area contributed by atoms with Crippen molar-refractivity contribution in [1.82, 2.24) is 0 Å². The number of morpholine rings is 1. The summed E-state index contributed by atoms with van der Waals surface area (Å²) >= 11 is 0.969. The quantitative estimate of drug-likeness (QED) is 0.628. The lowest BCUT2D eigenvalue weighted by Gasteiger charge is -2.28. The monoisotopic (exact) mass is 396 g/mol. The van der Waals surface area contributed by atoms with Crippen LogP contribution in [0.5, 0.6) is 0 Å². The fraction of sp³-hybridized carbons (Fsp3) is 0.238. The Balaban J connectivity index is 1.83. The molecule has 0 radical (unpaired) electrons. The number of carboxylic acid groups (broad SMARTS) is 1. The lowest BCUT2D eigenvalue weighted by molar-refractivity contribution is 0.0699. The first-order chi connectivity index (χ1) is 13.6. The molecule has 1 fully saturated rings. The summed E-state index contributed by atoms with van der Waals surface area (Å²) in [4.78, 5) is 17.2. The summed E-state index contributed by atoms with van der Waals surface area (Å²) in [5, 5.41) is 12.0. The zero-order chi connectivity index (χ0) is 19.7. The average molecular weight is 396 g/mol. The van der Waals surface area contributed by atoms with Crippen LogP contribution in [-0.2, 0) is 4.74 Å². The lowest BCUT2D eigenvalue weighted by atomic mass is 9.98. The minimum absolute atomic E-state index is 0.0516. The Hall–Kier alpha value is -2.95. The summed E-state index contributed by atoms with van der Waals surface area (Å²) in [5.74, 6) is -1.21. The van der Waals surface area contributed by atoms with Crippen molar-refractivity contribution in [3.8, 4) is 0 Å². The van der Waals surface area contributed by atoms with Crippen molar-refractivity contribution in [2.45, 2.75) is 6.17 Å². The van der Waals surface area contributed by atoms with Crippen LogP contribution in [0.15, 0.2) is 42.5 Å². The number of carbonyl (C=O) groups is 1. The smallest absolute Gasteiger partial charge is 0.344 e. The summed E-state index contributed by atoms with van der Waals surface area (Å²) in [6.45, 7) is 9.69. The predicted molar refractivity (Wildman–Crippen MR) is 107 cm³/mol. The number of alkyl halides is 1. The Labute approximate surface area is 165 Å². The SMILES string of the molecule is [C-]#[N+]c1c(N2CCOCC2)sc(C(=O)O)c1C(F)c1ccc2ccccc2c1.